The van der Waals surface area contributed by atoms with E-state index in [1.165, 1.54) is 25.3 Å². The van der Waals surface area contributed by atoms with E-state index in [0.29, 0.717) is 17.3 Å². The molecule has 0 bridgehead atoms. The highest BCUT2D eigenvalue weighted by atomic mass is 19.1. The lowest BCUT2D eigenvalue weighted by Crippen LogP contribution is -2.06. The monoisotopic (exact) mass is 277 g/mol. The molecule has 0 radical (unpaired) electrons. The number of H-pyrrole nitrogens is 1. The Balaban J connectivity index is 1.91. The molecule has 1 fully saturated rings. The number of aromatic amines is 1. The van der Waals surface area contributed by atoms with E-state index in [4.69, 9.17) is 0 Å². The van der Waals surface area contributed by atoms with Gasteiger partial charge in [-0.3, -0.25) is 5.10 Å². The van der Waals surface area contributed by atoms with Crippen LogP contribution in [-0.4, -0.2) is 15.2 Å². The summed E-state index contributed by atoms with van der Waals surface area (Å²) < 4.78 is 27.1. The van der Waals surface area contributed by atoms with Crippen LogP contribution in [0.3, 0.4) is 0 Å². The van der Waals surface area contributed by atoms with Gasteiger partial charge in [-0.1, -0.05) is 19.3 Å². The van der Waals surface area contributed by atoms with Crippen molar-refractivity contribution in [2.75, 3.05) is 0 Å². The van der Waals surface area contributed by atoms with E-state index < -0.39 is 11.6 Å². The van der Waals surface area contributed by atoms with Crippen molar-refractivity contribution in [1.29, 1.82) is 0 Å². The standard InChI is InChI=1S/C15H17F2N3/c1-9-7-11(13(17)8-12(9)16)15-18-14(19-20-15)10-5-3-2-4-6-10/h7-8,10H,2-6H2,1H3,(H,18,19,20). The van der Waals surface area contributed by atoms with Crippen LogP contribution in [0.2, 0.25) is 0 Å². The van der Waals surface area contributed by atoms with Gasteiger partial charge in [-0.05, 0) is 31.4 Å². The molecule has 0 spiro atoms. The third-order valence-corrected chi connectivity index (χ3v) is 3.98. The van der Waals surface area contributed by atoms with Gasteiger partial charge < -0.3 is 0 Å². The van der Waals surface area contributed by atoms with E-state index in [1.807, 2.05) is 0 Å². The second kappa shape index (κ2) is 5.31. The van der Waals surface area contributed by atoms with Gasteiger partial charge in [-0.2, -0.15) is 5.10 Å². The molecule has 0 amide bonds. The van der Waals surface area contributed by atoms with Crippen LogP contribution in [-0.2, 0) is 0 Å². The molecular weight excluding hydrogens is 260 g/mol. The molecule has 0 saturated heterocycles. The van der Waals surface area contributed by atoms with Gasteiger partial charge in [0, 0.05) is 12.0 Å². The van der Waals surface area contributed by atoms with Crippen LogP contribution in [0.15, 0.2) is 12.1 Å². The predicted octanol–water partition coefficient (Wildman–Crippen LogP) is 4.11. The normalized spacial score (nSPS) is 16.6. The minimum absolute atomic E-state index is 0.252. The third-order valence-electron chi connectivity index (χ3n) is 3.98. The van der Waals surface area contributed by atoms with Crippen LogP contribution in [0, 0.1) is 18.6 Å². The van der Waals surface area contributed by atoms with Crippen LogP contribution in [0.1, 0.15) is 49.4 Å². The van der Waals surface area contributed by atoms with E-state index in [1.54, 1.807) is 6.92 Å². The summed E-state index contributed by atoms with van der Waals surface area (Å²) in [5.41, 5.74) is 0.646. The first-order chi connectivity index (χ1) is 9.65. The van der Waals surface area contributed by atoms with E-state index in [0.717, 1.165) is 24.7 Å². The number of nitrogens with one attached hydrogen (secondary N) is 1. The zero-order chi connectivity index (χ0) is 14.1. The maximum absolute atomic E-state index is 13.8. The van der Waals surface area contributed by atoms with E-state index in [9.17, 15) is 8.78 Å². The first kappa shape index (κ1) is 13.2. The molecule has 1 N–H and O–H groups in total. The second-order valence-corrected chi connectivity index (χ2v) is 5.46. The van der Waals surface area contributed by atoms with Gasteiger partial charge in [-0.15, -0.1) is 0 Å². The summed E-state index contributed by atoms with van der Waals surface area (Å²) in [7, 11) is 0. The fraction of sp³-hybridized carbons (Fsp3) is 0.467. The summed E-state index contributed by atoms with van der Waals surface area (Å²) in [5, 5.41) is 7.01. The lowest BCUT2D eigenvalue weighted by molar-refractivity contribution is 0.429. The highest BCUT2D eigenvalue weighted by molar-refractivity contribution is 5.57. The van der Waals surface area contributed by atoms with E-state index in [2.05, 4.69) is 15.2 Å². The Hall–Kier alpha value is -1.78. The topological polar surface area (TPSA) is 41.6 Å². The fourth-order valence-electron chi connectivity index (χ4n) is 2.78. The molecule has 3 nitrogen and oxygen atoms in total. The maximum atomic E-state index is 13.8. The van der Waals surface area contributed by atoms with Crippen LogP contribution in [0.4, 0.5) is 8.78 Å². The molecule has 0 aliphatic heterocycles. The molecule has 1 aliphatic rings. The van der Waals surface area contributed by atoms with Crippen molar-refractivity contribution in [3.63, 3.8) is 0 Å². The highest BCUT2D eigenvalue weighted by Gasteiger charge is 2.20. The van der Waals surface area contributed by atoms with Crippen LogP contribution >= 0.6 is 0 Å². The zero-order valence-corrected chi connectivity index (χ0v) is 11.4. The minimum atomic E-state index is -0.623. The first-order valence-electron chi connectivity index (χ1n) is 7.03. The summed E-state index contributed by atoms with van der Waals surface area (Å²) >= 11 is 0. The Kier molecular flexibility index (Phi) is 3.51. The Morgan fingerprint density at radius 2 is 1.85 bits per heavy atom. The first-order valence-corrected chi connectivity index (χ1v) is 7.03. The van der Waals surface area contributed by atoms with Crippen LogP contribution in [0.5, 0.6) is 0 Å². The predicted molar refractivity (Wildman–Crippen MR) is 72.3 cm³/mol. The number of aromatic nitrogens is 3. The van der Waals surface area contributed by atoms with Gasteiger partial charge in [0.15, 0.2) is 5.82 Å². The van der Waals surface area contributed by atoms with Gasteiger partial charge >= 0.3 is 0 Å². The molecule has 106 valence electrons. The number of aryl methyl sites for hydroxylation is 1. The molecular formula is C15H17F2N3. The Labute approximate surface area is 116 Å². The van der Waals surface area contributed by atoms with Gasteiger partial charge in [0.2, 0.25) is 0 Å². The lowest BCUT2D eigenvalue weighted by Gasteiger charge is -2.18. The van der Waals surface area contributed by atoms with Crippen molar-refractivity contribution in [2.24, 2.45) is 0 Å². The number of hydrogen-bond donors (Lipinski definition) is 1. The van der Waals surface area contributed by atoms with Crippen molar-refractivity contribution >= 4 is 0 Å². The maximum Gasteiger partial charge on any atom is 0.184 e. The van der Waals surface area contributed by atoms with Crippen LogP contribution < -0.4 is 0 Å². The van der Waals surface area contributed by atoms with Crippen molar-refractivity contribution in [1.82, 2.24) is 15.2 Å². The quantitative estimate of drug-likeness (QED) is 0.897. The van der Waals surface area contributed by atoms with E-state index in [-0.39, 0.29) is 5.56 Å². The smallest absolute Gasteiger partial charge is 0.184 e. The molecule has 1 heterocycles. The number of hydrogen-bond acceptors (Lipinski definition) is 2. The van der Waals surface area contributed by atoms with Crippen molar-refractivity contribution in [3.05, 3.63) is 35.2 Å². The van der Waals surface area contributed by atoms with Crippen molar-refractivity contribution in [2.45, 2.75) is 44.9 Å². The molecule has 3 rings (SSSR count). The lowest BCUT2D eigenvalue weighted by atomic mass is 9.89. The molecule has 20 heavy (non-hydrogen) atoms. The number of nitrogens with zero attached hydrogens (tertiary/aromatic N) is 2. The SMILES string of the molecule is Cc1cc(-c2n[nH]c(C3CCCCC3)n2)c(F)cc1F. The van der Waals surface area contributed by atoms with Crippen molar-refractivity contribution < 1.29 is 8.78 Å². The van der Waals surface area contributed by atoms with Gasteiger partial charge in [0.05, 0.1) is 5.56 Å². The molecule has 1 aromatic carbocycles. The highest BCUT2D eigenvalue weighted by Crippen LogP contribution is 2.32. The summed E-state index contributed by atoms with van der Waals surface area (Å²) in [6.07, 6.45) is 5.86. The van der Waals surface area contributed by atoms with Gasteiger partial charge in [-0.25, -0.2) is 13.8 Å². The average Bonchev–Trinajstić information content (AvgIpc) is 2.93. The van der Waals surface area contributed by atoms with Crippen molar-refractivity contribution in [3.8, 4) is 11.4 Å². The molecule has 2 aromatic rings. The average molecular weight is 277 g/mol. The largest absolute Gasteiger partial charge is 0.262 e. The van der Waals surface area contributed by atoms with Gasteiger partial charge in [0.1, 0.15) is 17.5 Å². The number of benzene rings is 1. The Bertz CT molecular complexity index is 616. The third kappa shape index (κ3) is 2.44. The Morgan fingerprint density at radius 1 is 1.10 bits per heavy atom. The van der Waals surface area contributed by atoms with Crippen LogP contribution in [0.25, 0.3) is 11.4 Å². The fourth-order valence-corrected chi connectivity index (χ4v) is 2.78. The number of halogens is 2. The molecule has 5 heteroatoms. The van der Waals surface area contributed by atoms with E-state index >= 15 is 0 Å². The second-order valence-electron chi connectivity index (χ2n) is 5.46. The summed E-state index contributed by atoms with van der Waals surface area (Å²) in [6, 6.07) is 2.35. The molecule has 0 atom stereocenters. The summed E-state index contributed by atoms with van der Waals surface area (Å²) in [5.74, 6) is 0.346. The molecule has 0 unspecified atom stereocenters. The molecule has 1 aromatic heterocycles. The molecule has 1 saturated carbocycles. The minimum Gasteiger partial charge on any atom is -0.262 e. The summed E-state index contributed by atoms with van der Waals surface area (Å²) in [6.45, 7) is 1.60. The molecule has 1 aliphatic carbocycles. The number of rotatable bonds is 2. The van der Waals surface area contributed by atoms with Gasteiger partial charge in [0.25, 0.3) is 0 Å². The zero-order valence-electron chi connectivity index (χ0n) is 11.4. The summed E-state index contributed by atoms with van der Waals surface area (Å²) in [4.78, 5) is 4.41. The Morgan fingerprint density at radius 3 is 2.60 bits per heavy atom.